The van der Waals surface area contributed by atoms with Gasteiger partial charge in [-0.25, -0.2) is 0 Å². The average Bonchev–Trinajstić information content (AvgIpc) is 2.55. The predicted molar refractivity (Wildman–Crippen MR) is 97.4 cm³/mol. The number of hydrogen-bond acceptors (Lipinski definition) is 3. The maximum atomic E-state index is 10.9. The normalized spacial score (nSPS) is 13.7. The molecule has 3 heteroatoms. The van der Waals surface area contributed by atoms with Crippen molar-refractivity contribution in [1.82, 2.24) is 5.32 Å². The number of aryl methyl sites for hydroxylation is 1. The van der Waals surface area contributed by atoms with Crippen LogP contribution in [0.25, 0.3) is 0 Å². The summed E-state index contributed by atoms with van der Waals surface area (Å²) in [6.07, 6.45) is 2.37. The van der Waals surface area contributed by atoms with E-state index in [1.165, 1.54) is 11.1 Å². The van der Waals surface area contributed by atoms with Gasteiger partial charge in [-0.05, 0) is 62.5 Å². The molecule has 3 nitrogen and oxygen atoms in total. The summed E-state index contributed by atoms with van der Waals surface area (Å²) < 4.78 is 0. The van der Waals surface area contributed by atoms with E-state index in [2.05, 4.69) is 30.4 Å². The second-order valence-electron chi connectivity index (χ2n) is 6.25. The lowest BCUT2D eigenvalue weighted by molar-refractivity contribution is 0.0238. The molecule has 0 amide bonds. The van der Waals surface area contributed by atoms with Gasteiger partial charge in [0, 0.05) is 5.69 Å². The van der Waals surface area contributed by atoms with Crippen molar-refractivity contribution in [3.05, 3.63) is 65.2 Å². The minimum Gasteiger partial charge on any atom is -0.399 e. The van der Waals surface area contributed by atoms with Crippen molar-refractivity contribution >= 4 is 5.69 Å². The molecule has 2 rings (SSSR count). The zero-order chi connectivity index (χ0) is 16.7. The molecule has 124 valence electrons. The first-order chi connectivity index (χ1) is 11.0. The van der Waals surface area contributed by atoms with Crippen LogP contribution in [-0.2, 0) is 12.0 Å². The fraction of sp³-hybridized carbons (Fsp3) is 0.400. The van der Waals surface area contributed by atoms with Crippen molar-refractivity contribution in [2.45, 2.75) is 38.7 Å². The highest BCUT2D eigenvalue weighted by Gasteiger charge is 2.26. The maximum absolute atomic E-state index is 10.9. The van der Waals surface area contributed by atoms with Crippen LogP contribution < -0.4 is 11.1 Å². The second kappa shape index (κ2) is 8.14. The zero-order valence-corrected chi connectivity index (χ0v) is 14.2. The number of rotatable bonds is 8. The van der Waals surface area contributed by atoms with Crippen LogP contribution in [0.5, 0.6) is 0 Å². The summed E-state index contributed by atoms with van der Waals surface area (Å²) in [7, 11) is 0. The summed E-state index contributed by atoms with van der Waals surface area (Å²) >= 11 is 0. The zero-order valence-electron chi connectivity index (χ0n) is 14.2. The minimum absolute atomic E-state index is 0.712. The molecule has 2 aromatic rings. The third-order valence-electron chi connectivity index (χ3n) is 4.43. The van der Waals surface area contributed by atoms with Crippen LogP contribution in [0.3, 0.4) is 0 Å². The summed E-state index contributed by atoms with van der Waals surface area (Å²) in [6.45, 7) is 5.77. The molecule has 0 heterocycles. The first-order valence-corrected chi connectivity index (χ1v) is 8.38. The van der Waals surface area contributed by atoms with Crippen molar-refractivity contribution < 1.29 is 5.11 Å². The van der Waals surface area contributed by atoms with Crippen LogP contribution in [-0.4, -0.2) is 18.2 Å². The van der Waals surface area contributed by atoms with E-state index in [0.717, 1.165) is 30.8 Å². The third kappa shape index (κ3) is 5.08. The molecule has 0 bridgehead atoms. The molecule has 0 aliphatic rings. The highest BCUT2D eigenvalue weighted by atomic mass is 16.3. The van der Waals surface area contributed by atoms with Gasteiger partial charge in [0.2, 0.25) is 0 Å². The first kappa shape index (κ1) is 17.5. The molecule has 0 aromatic heterocycles. The number of nitrogens with one attached hydrogen (secondary N) is 1. The van der Waals surface area contributed by atoms with Gasteiger partial charge in [-0.15, -0.1) is 0 Å². The Labute approximate surface area is 139 Å². The quantitative estimate of drug-likeness (QED) is 0.517. The lowest BCUT2D eigenvalue weighted by atomic mass is 9.87. The highest BCUT2D eigenvalue weighted by Crippen LogP contribution is 2.28. The summed E-state index contributed by atoms with van der Waals surface area (Å²) in [5.74, 6) is 0. The molecule has 0 aliphatic carbocycles. The van der Waals surface area contributed by atoms with E-state index in [0.29, 0.717) is 12.8 Å². The van der Waals surface area contributed by atoms with Crippen LogP contribution in [0.4, 0.5) is 5.69 Å². The fourth-order valence-corrected chi connectivity index (χ4v) is 2.79. The molecule has 0 spiro atoms. The Bertz CT molecular complexity index is 609. The van der Waals surface area contributed by atoms with E-state index >= 15 is 0 Å². The van der Waals surface area contributed by atoms with Crippen LogP contribution >= 0.6 is 0 Å². The molecule has 1 atom stereocenters. The van der Waals surface area contributed by atoms with Gasteiger partial charge in [0.15, 0.2) is 0 Å². The van der Waals surface area contributed by atoms with Crippen LogP contribution in [0, 0.1) is 6.92 Å². The SMILES string of the molecule is CCC(O)(CCNCCc1cccc(N)c1)c1ccc(C)cc1. The van der Waals surface area contributed by atoms with Gasteiger partial charge in [0.05, 0.1) is 5.60 Å². The molecule has 0 aliphatic heterocycles. The average molecular weight is 312 g/mol. The first-order valence-electron chi connectivity index (χ1n) is 8.38. The summed E-state index contributed by atoms with van der Waals surface area (Å²) in [6, 6.07) is 16.2. The number of aliphatic hydroxyl groups is 1. The Balaban J connectivity index is 1.80. The second-order valence-corrected chi connectivity index (χ2v) is 6.25. The van der Waals surface area contributed by atoms with Gasteiger partial charge in [-0.3, -0.25) is 0 Å². The monoisotopic (exact) mass is 312 g/mol. The van der Waals surface area contributed by atoms with Crippen LogP contribution in [0.1, 0.15) is 36.5 Å². The molecular weight excluding hydrogens is 284 g/mol. The van der Waals surface area contributed by atoms with Crippen molar-refractivity contribution in [3.8, 4) is 0 Å². The minimum atomic E-state index is -0.752. The van der Waals surface area contributed by atoms with Crippen LogP contribution in [0.2, 0.25) is 0 Å². The fourth-order valence-electron chi connectivity index (χ4n) is 2.79. The predicted octanol–water partition coefficient (Wildman–Crippen LogP) is 3.40. The molecule has 0 radical (unpaired) electrons. The summed E-state index contributed by atoms with van der Waals surface area (Å²) in [5, 5.41) is 14.3. The van der Waals surface area contributed by atoms with E-state index < -0.39 is 5.60 Å². The van der Waals surface area contributed by atoms with Gasteiger partial charge in [0.1, 0.15) is 0 Å². The summed E-state index contributed by atoms with van der Waals surface area (Å²) in [5.41, 5.74) is 9.30. The third-order valence-corrected chi connectivity index (χ3v) is 4.43. The van der Waals surface area contributed by atoms with Gasteiger partial charge in [-0.1, -0.05) is 48.9 Å². The standard InChI is InChI=1S/C20H28N2O/c1-3-20(23,18-9-7-16(2)8-10-18)12-14-22-13-11-17-5-4-6-19(21)15-17/h4-10,15,22-23H,3,11-14,21H2,1-2H3. The Kier molecular flexibility index (Phi) is 6.20. The van der Waals surface area contributed by atoms with Gasteiger partial charge in [0.25, 0.3) is 0 Å². The van der Waals surface area contributed by atoms with E-state index in [-0.39, 0.29) is 0 Å². The van der Waals surface area contributed by atoms with Crippen molar-refractivity contribution in [2.24, 2.45) is 0 Å². The van der Waals surface area contributed by atoms with E-state index in [1.807, 2.05) is 37.3 Å². The molecule has 4 N–H and O–H groups in total. The Morgan fingerprint density at radius 3 is 2.48 bits per heavy atom. The Morgan fingerprint density at radius 1 is 1.09 bits per heavy atom. The van der Waals surface area contributed by atoms with E-state index in [1.54, 1.807) is 0 Å². The van der Waals surface area contributed by atoms with Crippen LogP contribution in [0.15, 0.2) is 48.5 Å². The molecule has 1 unspecified atom stereocenters. The molecule has 0 fully saturated rings. The number of anilines is 1. The number of nitrogens with two attached hydrogens (primary N) is 1. The largest absolute Gasteiger partial charge is 0.399 e. The topological polar surface area (TPSA) is 58.3 Å². The van der Waals surface area contributed by atoms with E-state index in [9.17, 15) is 5.11 Å². The number of hydrogen-bond donors (Lipinski definition) is 3. The Morgan fingerprint density at radius 2 is 1.83 bits per heavy atom. The molecule has 23 heavy (non-hydrogen) atoms. The van der Waals surface area contributed by atoms with Crippen molar-refractivity contribution in [2.75, 3.05) is 18.8 Å². The lowest BCUT2D eigenvalue weighted by Gasteiger charge is -2.27. The smallest absolute Gasteiger partial charge is 0.0906 e. The van der Waals surface area contributed by atoms with E-state index in [4.69, 9.17) is 5.73 Å². The molecular formula is C20H28N2O. The van der Waals surface area contributed by atoms with Gasteiger partial charge < -0.3 is 16.2 Å². The van der Waals surface area contributed by atoms with Crippen molar-refractivity contribution in [1.29, 1.82) is 0 Å². The lowest BCUT2D eigenvalue weighted by Crippen LogP contribution is -2.31. The number of nitrogen functional groups attached to an aromatic ring is 1. The molecule has 0 saturated carbocycles. The number of benzene rings is 2. The van der Waals surface area contributed by atoms with Gasteiger partial charge >= 0.3 is 0 Å². The Hall–Kier alpha value is -1.84. The highest BCUT2D eigenvalue weighted by molar-refractivity contribution is 5.40. The van der Waals surface area contributed by atoms with Crippen molar-refractivity contribution in [3.63, 3.8) is 0 Å². The maximum Gasteiger partial charge on any atom is 0.0906 e. The molecule has 0 saturated heterocycles. The summed E-state index contributed by atoms with van der Waals surface area (Å²) in [4.78, 5) is 0. The molecule has 2 aromatic carbocycles. The van der Waals surface area contributed by atoms with Gasteiger partial charge in [-0.2, -0.15) is 0 Å².